The summed E-state index contributed by atoms with van der Waals surface area (Å²) in [6.07, 6.45) is 0.657. The van der Waals surface area contributed by atoms with Crippen molar-refractivity contribution in [2.24, 2.45) is 0 Å². The summed E-state index contributed by atoms with van der Waals surface area (Å²) in [7, 11) is 3.28. The van der Waals surface area contributed by atoms with E-state index < -0.39 is 0 Å². The van der Waals surface area contributed by atoms with Gasteiger partial charge in [-0.15, -0.1) is 0 Å². The molecule has 0 atom stereocenters. The maximum absolute atomic E-state index is 13.0. The highest BCUT2D eigenvalue weighted by Gasteiger charge is 2.27. The van der Waals surface area contributed by atoms with Crippen LogP contribution in [0.5, 0.6) is 0 Å². The van der Waals surface area contributed by atoms with Gasteiger partial charge in [0.2, 0.25) is 11.7 Å². The number of carbonyl (C=O) groups is 2. The third-order valence-electron chi connectivity index (χ3n) is 4.36. The molecular weight excluding hydrogens is 411 g/mol. The Kier molecular flexibility index (Phi) is 6.56. The van der Waals surface area contributed by atoms with Crippen molar-refractivity contribution in [3.8, 4) is 0 Å². The lowest BCUT2D eigenvalue weighted by molar-refractivity contribution is -0.107. The van der Waals surface area contributed by atoms with E-state index in [2.05, 4.69) is 4.98 Å². The molecule has 29 heavy (non-hydrogen) atoms. The van der Waals surface area contributed by atoms with Crippen LogP contribution in [0, 0.1) is 0 Å². The Morgan fingerprint density at radius 3 is 2.28 bits per heavy atom. The number of hydrogen-bond acceptors (Lipinski definition) is 3. The molecule has 0 spiro atoms. The fraction of sp³-hybridized carbons (Fsp3) is 0.190. The second-order valence-electron chi connectivity index (χ2n) is 6.68. The van der Waals surface area contributed by atoms with Gasteiger partial charge in [0.1, 0.15) is 0 Å². The average molecular weight is 431 g/mol. The Labute approximate surface area is 179 Å². The van der Waals surface area contributed by atoms with Gasteiger partial charge in [0.15, 0.2) is 11.5 Å². The van der Waals surface area contributed by atoms with Crippen LogP contribution in [0.25, 0.3) is 0 Å². The zero-order valence-electron chi connectivity index (χ0n) is 16.0. The first-order chi connectivity index (χ1) is 13.9. The third kappa shape index (κ3) is 4.78. The normalized spacial score (nSPS) is 10.6. The molecule has 0 aliphatic heterocycles. The van der Waals surface area contributed by atoms with Crippen LogP contribution in [0.2, 0.25) is 10.3 Å². The van der Waals surface area contributed by atoms with Crippen molar-refractivity contribution >= 4 is 41.3 Å². The van der Waals surface area contributed by atoms with Gasteiger partial charge < -0.3 is 9.47 Å². The topological polar surface area (TPSA) is 58.4 Å². The number of halogens is 2. The molecule has 0 aliphatic rings. The Hall–Kier alpha value is -2.83. The molecule has 0 aliphatic carbocycles. The predicted octanol–water partition coefficient (Wildman–Crippen LogP) is 4.10. The maximum Gasteiger partial charge on any atom is 0.273 e. The van der Waals surface area contributed by atoms with E-state index in [1.54, 1.807) is 30.8 Å². The molecule has 0 saturated heterocycles. The van der Waals surface area contributed by atoms with Crippen molar-refractivity contribution in [1.82, 2.24) is 14.5 Å². The first kappa shape index (κ1) is 20.9. The number of benzene rings is 2. The second-order valence-corrected chi connectivity index (χ2v) is 7.46. The van der Waals surface area contributed by atoms with Crippen molar-refractivity contribution in [3.05, 3.63) is 81.7 Å². The van der Waals surface area contributed by atoms with Gasteiger partial charge in [0.05, 0.1) is 13.1 Å². The van der Waals surface area contributed by atoms with Crippen LogP contribution in [0.15, 0.2) is 54.6 Å². The molecule has 0 unspecified atom stereocenters. The minimum absolute atomic E-state index is 0.125. The molecule has 0 fully saturated rings. The minimum Gasteiger partial charge on any atom is -0.343 e. The highest BCUT2D eigenvalue weighted by atomic mass is 35.5. The smallest absolute Gasteiger partial charge is 0.273 e. The quantitative estimate of drug-likeness (QED) is 0.530. The molecular formula is C21H20Cl2N4O2. The molecule has 6 nitrogen and oxygen atoms in total. The number of rotatable bonds is 7. The molecule has 0 saturated carbocycles. The largest absolute Gasteiger partial charge is 0.343 e. The highest BCUT2D eigenvalue weighted by Crippen LogP contribution is 2.27. The minimum atomic E-state index is -0.298. The van der Waals surface area contributed by atoms with Crippen LogP contribution in [0.3, 0.4) is 0 Å². The number of hydrogen-bond donors (Lipinski definition) is 0. The lowest BCUT2D eigenvalue weighted by atomic mass is 10.2. The monoisotopic (exact) mass is 430 g/mol. The lowest BCUT2D eigenvalue weighted by Crippen LogP contribution is -2.29. The Morgan fingerprint density at radius 1 is 1.03 bits per heavy atom. The number of nitrogens with zero attached hydrogens (tertiary/aromatic N) is 4. The van der Waals surface area contributed by atoms with Gasteiger partial charge in [0.25, 0.3) is 5.91 Å². The van der Waals surface area contributed by atoms with Gasteiger partial charge in [0, 0.05) is 19.1 Å². The number of amides is 2. The van der Waals surface area contributed by atoms with E-state index in [-0.39, 0.29) is 29.2 Å². The van der Waals surface area contributed by atoms with Crippen LogP contribution in [-0.2, 0) is 17.9 Å². The molecule has 8 heteroatoms. The number of anilines is 1. The fourth-order valence-electron chi connectivity index (χ4n) is 2.90. The van der Waals surface area contributed by atoms with Gasteiger partial charge in [-0.1, -0.05) is 54.1 Å². The van der Waals surface area contributed by atoms with Crippen molar-refractivity contribution in [2.45, 2.75) is 13.1 Å². The number of imidazole rings is 1. The van der Waals surface area contributed by atoms with E-state index in [9.17, 15) is 9.59 Å². The summed E-state index contributed by atoms with van der Waals surface area (Å²) in [5.41, 5.74) is 2.05. The summed E-state index contributed by atoms with van der Waals surface area (Å²) < 4.78 is 1.60. The van der Waals surface area contributed by atoms with Crippen LogP contribution < -0.4 is 4.90 Å². The molecule has 1 aromatic heterocycles. The summed E-state index contributed by atoms with van der Waals surface area (Å²) in [5.74, 6) is -0.0743. The maximum atomic E-state index is 13.0. The zero-order valence-corrected chi connectivity index (χ0v) is 17.6. The zero-order chi connectivity index (χ0) is 21.0. The predicted molar refractivity (Wildman–Crippen MR) is 114 cm³/mol. The molecule has 150 valence electrons. The third-order valence-corrected chi connectivity index (χ3v) is 4.90. The molecule has 0 N–H and O–H groups in total. The molecule has 0 radical (unpaired) electrons. The summed E-state index contributed by atoms with van der Waals surface area (Å²) in [6.45, 7) is 0.586. The van der Waals surface area contributed by atoms with Gasteiger partial charge in [-0.05, 0) is 34.9 Å². The van der Waals surface area contributed by atoms with E-state index in [1.807, 2.05) is 42.5 Å². The fourth-order valence-corrected chi connectivity index (χ4v) is 3.25. The molecule has 3 aromatic rings. The van der Waals surface area contributed by atoms with Gasteiger partial charge in [-0.3, -0.25) is 14.5 Å². The summed E-state index contributed by atoms with van der Waals surface area (Å²) in [6, 6.07) is 16.7. The Balaban J connectivity index is 2.05. The average Bonchev–Trinajstić information content (AvgIpc) is 3.03. The van der Waals surface area contributed by atoms with Gasteiger partial charge >= 0.3 is 0 Å². The van der Waals surface area contributed by atoms with Crippen LogP contribution in [0.4, 0.5) is 5.82 Å². The molecule has 0 bridgehead atoms. The van der Waals surface area contributed by atoms with E-state index in [0.717, 1.165) is 11.1 Å². The standard InChI is InChI=1S/C21H20Cl2N4O2/c1-25(2)20(29)18-19(26(14-28)12-15-6-4-3-5-7-15)24-21(23)27(18)13-16-8-10-17(22)11-9-16/h3-11,14H,12-13H2,1-2H3. The number of aromatic nitrogens is 2. The van der Waals surface area contributed by atoms with Crippen molar-refractivity contribution in [2.75, 3.05) is 19.0 Å². The first-order valence-electron chi connectivity index (χ1n) is 8.88. The Bertz CT molecular complexity index is 1000. The van der Waals surface area contributed by atoms with E-state index in [4.69, 9.17) is 23.2 Å². The first-order valence-corrected chi connectivity index (χ1v) is 9.64. The van der Waals surface area contributed by atoms with Crippen molar-refractivity contribution in [1.29, 1.82) is 0 Å². The van der Waals surface area contributed by atoms with E-state index >= 15 is 0 Å². The Morgan fingerprint density at radius 2 is 1.69 bits per heavy atom. The molecule has 2 amide bonds. The van der Waals surface area contributed by atoms with Crippen LogP contribution in [-0.4, -0.2) is 40.9 Å². The number of carbonyl (C=O) groups excluding carboxylic acids is 2. The summed E-state index contributed by atoms with van der Waals surface area (Å²) in [5, 5.41) is 0.741. The van der Waals surface area contributed by atoms with E-state index in [1.165, 1.54) is 9.80 Å². The summed E-state index contributed by atoms with van der Waals surface area (Å²) >= 11 is 12.4. The van der Waals surface area contributed by atoms with Crippen LogP contribution in [0.1, 0.15) is 21.6 Å². The molecule has 2 aromatic carbocycles. The molecule has 1 heterocycles. The lowest BCUT2D eigenvalue weighted by Gasteiger charge is -2.19. The summed E-state index contributed by atoms with van der Waals surface area (Å²) in [4.78, 5) is 32.0. The second kappa shape index (κ2) is 9.11. The van der Waals surface area contributed by atoms with E-state index in [0.29, 0.717) is 18.0 Å². The molecule has 3 rings (SSSR count). The SMILES string of the molecule is CN(C)C(=O)c1c(N(C=O)Cc2ccccc2)nc(Cl)n1Cc1ccc(Cl)cc1. The van der Waals surface area contributed by atoms with Crippen molar-refractivity contribution in [3.63, 3.8) is 0 Å². The van der Waals surface area contributed by atoms with Crippen LogP contribution >= 0.6 is 23.2 Å². The van der Waals surface area contributed by atoms with Gasteiger partial charge in [-0.25, -0.2) is 0 Å². The van der Waals surface area contributed by atoms with Crippen molar-refractivity contribution < 1.29 is 9.59 Å². The van der Waals surface area contributed by atoms with Gasteiger partial charge in [-0.2, -0.15) is 4.98 Å². The highest BCUT2D eigenvalue weighted by molar-refractivity contribution is 6.30.